The van der Waals surface area contributed by atoms with Gasteiger partial charge in [-0.2, -0.15) is 10.1 Å². The van der Waals surface area contributed by atoms with Crippen LogP contribution in [0.15, 0.2) is 48.5 Å². The topological polar surface area (TPSA) is 63.1 Å². The molecule has 1 atom stereocenters. The van der Waals surface area contributed by atoms with Crippen molar-refractivity contribution in [3.05, 3.63) is 70.9 Å². The van der Waals surface area contributed by atoms with Crippen LogP contribution in [-0.2, 0) is 4.79 Å². The number of aromatic nitrogens is 3. The molecule has 0 spiro atoms. The van der Waals surface area contributed by atoms with E-state index in [1.165, 1.54) is 11.1 Å². The summed E-state index contributed by atoms with van der Waals surface area (Å²) < 4.78 is 2.90. The second-order valence-electron chi connectivity index (χ2n) is 7.97. The lowest BCUT2D eigenvalue weighted by Gasteiger charge is -2.19. The maximum atomic E-state index is 12.7. The summed E-state index contributed by atoms with van der Waals surface area (Å²) in [6.45, 7) is 8.42. The zero-order chi connectivity index (χ0) is 22.1. The molecule has 0 aliphatic carbocycles. The van der Waals surface area contributed by atoms with Gasteiger partial charge in [-0.05, 0) is 56.5 Å². The maximum absolute atomic E-state index is 12.7. The van der Waals surface area contributed by atoms with E-state index >= 15 is 0 Å². The van der Waals surface area contributed by atoms with E-state index in [0.717, 1.165) is 32.4 Å². The van der Waals surface area contributed by atoms with Crippen LogP contribution in [0.4, 0.5) is 5.13 Å². The third-order valence-corrected chi connectivity index (χ3v) is 6.76. The van der Waals surface area contributed by atoms with Crippen LogP contribution in [0.3, 0.4) is 0 Å². The molecular formula is C24H27N5OS. The van der Waals surface area contributed by atoms with Gasteiger partial charge in [0, 0.05) is 7.05 Å². The molecule has 0 aliphatic heterocycles. The molecule has 1 amide bonds. The number of rotatable bonds is 6. The van der Waals surface area contributed by atoms with Gasteiger partial charge in [0.1, 0.15) is 0 Å². The number of thiazole rings is 1. The molecule has 1 N–H and O–H groups in total. The number of likely N-dealkylation sites (N-methyl/N-ethyl adjacent to an activating group) is 1. The quantitative estimate of drug-likeness (QED) is 0.478. The molecule has 2 aromatic carbocycles. The number of carbonyl (C=O) groups excluding carboxylic acids is 1. The van der Waals surface area contributed by atoms with E-state index in [2.05, 4.69) is 42.5 Å². The summed E-state index contributed by atoms with van der Waals surface area (Å²) in [6.07, 6.45) is 0. The Hall–Kier alpha value is -3.19. The van der Waals surface area contributed by atoms with Crippen LogP contribution in [0.25, 0.3) is 16.0 Å². The van der Waals surface area contributed by atoms with Gasteiger partial charge < -0.3 is 10.2 Å². The van der Waals surface area contributed by atoms with Crippen molar-refractivity contribution < 1.29 is 4.79 Å². The number of aryl methyl sites for hydroxylation is 3. The van der Waals surface area contributed by atoms with E-state index in [1.807, 2.05) is 60.8 Å². The summed E-state index contributed by atoms with van der Waals surface area (Å²) in [5.41, 5.74) is 6.32. The first kappa shape index (κ1) is 21.1. The first-order chi connectivity index (χ1) is 14.8. The third kappa shape index (κ3) is 4.32. The zero-order valence-electron chi connectivity index (χ0n) is 18.5. The number of nitrogens with zero attached hydrogens (tertiary/aromatic N) is 4. The highest BCUT2D eigenvalue weighted by atomic mass is 32.1. The second-order valence-corrected chi connectivity index (χ2v) is 8.95. The van der Waals surface area contributed by atoms with Gasteiger partial charge in [0.15, 0.2) is 10.8 Å². The van der Waals surface area contributed by atoms with Crippen LogP contribution < -0.4 is 10.2 Å². The summed E-state index contributed by atoms with van der Waals surface area (Å²) in [5.74, 6) is -0.0334. The Bertz CT molecular complexity index is 1230. The Morgan fingerprint density at radius 3 is 2.58 bits per heavy atom. The highest BCUT2D eigenvalue weighted by Gasteiger charge is 2.19. The molecule has 2 aromatic heterocycles. The lowest BCUT2D eigenvalue weighted by atomic mass is 10.0. The van der Waals surface area contributed by atoms with Crippen LogP contribution in [-0.4, -0.2) is 34.3 Å². The first-order valence-corrected chi connectivity index (χ1v) is 11.1. The van der Waals surface area contributed by atoms with Crippen LogP contribution >= 0.6 is 11.3 Å². The molecule has 2 heterocycles. The van der Waals surface area contributed by atoms with Crippen LogP contribution in [0.5, 0.6) is 0 Å². The Kier molecular flexibility index (Phi) is 5.78. The number of carbonyl (C=O) groups is 1. The highest BCUT2D eigenvalue weighted by Crippen LogP contribution is 2.32. The van der Waals surface area contributed by atoms with Crippen molar-refractivity contribution in [2.75, 3.05) is 18.5 Å². The number of anilines is 1. The van der Waals surface area contributed by atoms with Gasteiger partial charge >= 0.3 is 0 Å². The summed E-state index contributed by atoms with van der Waals surface area (Å²) in [6, 6.07) is 16.2. The van der Waals surface area contributed by atoms with Crippen molar-refractivity contribution in [3.63, 3.8) is 0 Å². The largest absolute Gasteiger partial charge is 0.348 e. The van der Waals surface area contributed by atoms with Gasteiger partial charge in [0.05, 0.1) is 28.7 Å². The van der Waals surface area contributed by atoms with E-state index in [9.17, 15) is 4.79 Å². The van der Waals surface area contributed by atoms with Gasteiger partial charge in [0.2, 0.25) is 5.91 Å². The number of para-hydroxylation sites is 1. The monoisotopic (exact) mass is 433 g/mol. The smallest absolute Gasteiger partial charge is 0.240 e. The van der Waals surface area contributed by atoms with Crippen LogP contribution in [0.1, 0.15) is 35.3 Å². The van der Waals surface area contributed by atoms with E-state index < -0.39 is 0 Å². The Morgan fingerprint density at radius 2 is 1.87 bits per heavy atom. The fraction of sp³-hybridized carbons (Fsp3) is 0.292. The van der Waals surface area contributed by atoms with E-state index in [-0.39, 0.29) is 18.5 Å². The normalized spacial score (nSPS) is 12.2. The van der Waals surface area contributed by atoms with Crippen LogP contribution in [0.2, 0.25) is 0 Å². The van der Waals surface area contributed by atoms with Gasteiger partial charge in [-0.1, -0.05) is 47.7 Å². The number of benzene rings is 2. The molecule has 6 nitrogen and oxygen atoms in total. The molecular weight excluding hydrogens is 406 g/mol. The summed E-state index contributed by atoms with van der Waals surface area (Å²) in [4.78, 5) is 19.4. The summed E-state index contributed by atoms with van der Waals surface area (Å²) in [7, 11) is 1.90. The molecule has 0 saturated heterocycles. The third-order valence-electron chi connectivity index (χ3n) is 5.49. The van der Waals surface area contributed by atoms with Crippen molar-refractivity contribution in [3.8, 4) is 5.69 Å². The van der Waals surface area contributed by atoms with Crippen molar-refractivity contribution in [2.24, 2.45) is 0 Å². The molecule has 160 valence electrons. The Labute approximate surface area is 186 Å². The minimum Gasteiger partial charge on any atom is -0.348 e. The molecule has 0 saturated carbocycles. The molecule has 4 aromatic rings. The number of nitrogens with one attached hydrogen (secondary N) is 1. The Morgan fingerprint density at radius 1 is 1.13 bits per heavy atom. The van der Waals surface area contributed by atoms with Crippen molar-refractivity contribution in [1.82, 2.24) is 20.1 Å². The fourth-order valence-corrected chi connectivity index (χ4v) is 4.47. The summed E-state index contributed by atoms with van der Waals surface area (Å²) in [5, 5.41) is 8.53. The molecule has 0 unspecified atom stereocenters. The maximum Gasteiger partial charge on any atom is 0.240 e. The molecule has 4 rings (SSSR count). The molecule has 0 aliphatic rings. The van der Waals surface area contributed by atoms with E-state index in [1.54, 1.807) is 11.3 Å². The minimum atomic E-state index is -0.0514. The minimum absolute atomic E-state index is 0.0334. The van der Waals surface area contributed by atoms with E-state index in [0.29, 0.717) is 0 Å². The molecule has 7 heteroatoms. The fourth-order valence-electron chi connectivity index (χ4n) is 3.52. The Balaban J connectivity index is 1.48. The lowest BCUT2D eigenvalue weighted by Crippen LogP contribution is -2.36. The number of hydrogen-bond acceptors (Lipinski definition) is 5. The molecule has 0 radical (unpaired) electrons. The number of fused-ring (bicyclic) bond motifs is 1. The lowest BCUT2D eigenvalue weighted by molar-refractivity contribution is -0.120. The van der Waals surface area contributed by atoms with Gasteiger partial charge in [-0.3, -0.25) is 4.79 Å². The predicted octanol–water partition coefficient (Wildman–Crippen LogP) is 4.72. The van der Waals surface area contributed by atoms with Gasteiger partial charge in [0.25, 0.3) is 0 Å². The van der Waals surface area contributed by atoms with Gasteiger partial charge in [-0.15, -0.1) is 0 Å². The average molecular weight is 434 g/mol. The van der Waals surface area contributed by atoms with Crippen molar-refractivity contribution >= 4 is 32.7 Å². The standard InChI is InChI=1S/C24H27N5OS/c1-15-11-12-19(13-16(15)2)17(3)25-21(30)14-28(5)24-26-23-22(31-24)18(4)27-29(23)20-9-7-6-8-10-20/h6-13,17H,14H2,1-5H3,(H,25,30)/t17-/m1/s1. The average Bonchev–Trinajstić information content (AvgIpc) is 3.31. The summed E-state index contributed by atoms with van der Waals surface area (Å²) >= 11 is 1.56. The highest BCUT2D eigenvalue weighted by molar-refractivity contribution is 7.22. The second kappa shape index (κ2) is 8.51. The number of hydrogen-bond donors (Lipinski definition) is 1. The van der Waals surface area contributed by atoms with Gasteiger partial charge in [-0.25, -0.2) is 4.68 Å². The SMILES string of the molecule is Cc1ccc([C@@H](C)NC(=O)CN(C)c2nc3c(s2)c(C)nn3-c2ccccc2)cc1C. The van der Waals surface area contributed by atoms with E-state index in [4.69, 9.17) is 4.98 Å². The molecule has 31 heavy (non-hydrogen) atoms. The predicted molar refractivity (Wildman–Crippen MR) is 127 cm³/mol. The van der Waals surface area contributed by atoms with Crippen molar-refractivity contribution in [2.45, 2.75) is 33.7 Å². The first-order valence-electron chi connectivity index (χ1n) is 10.3. The number of amides is 1. The molecule has 0 bridgehead atoms. The van der Waals surface area contributed by atoms with Crippen LogP contribution in [0, 0.1) is 20.8 Å². The zero-order valence-corrected chi connectivity index (χ0v) is 19.3. The van der Waals surface area contributed by atoms with Crippen molar-refractivity contribution in [1.29, 1.82) is 0 Å². The molecule has 0 fully saturated rings.